The molecule has 1 unspecified atom stereocenters. The maximum Gasteiger partial charge on any atom is 0.256 e. The van der Waals surface area contributed by atoms with Gasteiger partial charge in [-0.1, -0.05) is 25.6 Å². The number of nitrogens with zero attached hydrogens (tertiary/aromatic N) is 1. The molecular formula is C12H16N2O2S. The second-order valence-electron chi connectivity index (χ2n) is 4.33. The summed E-state index contributed by atoms with van der Waals surface area (Å²) < 4.78 is 5.54. The molecule has 1 aromatic carbocycles. The van der Waals surface area contributed by atoms with Crippen molar-refractivity contribution < 1.29 is 9.52 Å². The fourth-order valence-corrected chi connectivity index (χ4v) is 2.34. The first kappa shape index (κ1) is 12.3. The Kier molecular flexibility index (Phi) is 3.59. The molecule has 0 amide bonds. The average molecular weight is 252 g/mol. The van der Waals surface area contributed by atoms with E-state index >= 15 is 0 Å². The lowest BCUT2D eigenvalue weighted by Gasteiger charge is -2.11. The normalized spacial score (nSPS) is 13.4. The first-order valence-corrected chi connectivity index (χ1v) is 6.52. The van der Waals surface area contributed by atoms with Crippen LogP contribution in [0.1, 0.15) is 13.8 Å². The van der Waals surface area contributed by atoms with Crippen molar-refractivity contribution in [2.45, 2.75) is 25.2 Å². The van der Waals surface area contributed by atoms with Crippen LogP contribution in [-0.2, 0) is 0 Å². The molecule has 3 N–H and O–H groups in total. The molecule has 92 valence electrons. The first-order valence-electron chi connectivity index (χ1n) is 5.53. The summed E-state index contributed by atoms with van der Waals surface area (Å²) in [7, 11) is 0. The molecule has 1 aromatic heterocycles. The van der Waals surface area contributed by atoms with E-state index in [0.29, 0.717) is 16.7 Å². The van der Waals surface area contributed by atoms with Crippen LogP contribution >= 0.6 is 11.8 Å². The number of aliphatic hydroxyl groups is 1. The highest BCUT2D eigenvalue weighted by molar-refractivity contribution is 7.99. The SMILES string of the molecule is CC(C)C(O)CSc1nc2cc(N)ccc2o1. The van der Waals surface area contributed by atoms with Crippen LogP contribution in [0.5, 0.6) is 0 Å². The molecule has 4 nitrogen and oxygen atoms in total. The number of hydrogen-bond acceptors (Lipinski definition) is 5. The summed E-state index contributed by atoms with van der Waals surface area (Å²) in [4.78, 5) is 4.31. The van der Waals surface area contributed by atoms with Crippen LogP contribution in [0, 0.1) is 5.92 Å². The van der Waals surface area contributed by atoms with Crippen LogP contribution in [-0.4, -0.2) is 21.9 Å². The Morgan fingerprint density at radius 2 is 2.24 bits per heavy atom. The predicted octanol–water partition coefficient (Wildman–Crippen LogP) is 2.52. The molecule has 0 saturated carbocycles. The number of aliphatic hydroxyl groups excluding tert-OH is 1. The zero-order valence-corrected chi connectivity index (χ0v) is 10.7. The Morgan fingerprint density at radius 3 is 2.94 bits per heavy atom. The summed E-state index contributed by atoms with van der Waals surface area (Å²) in [5.41, 5.74) is 7.82. The summed E-state index contributed by atoms with van der Waals surface area (Å²) in [6.45, 7) is 3.97. The summed E-state index contributed by atoms with van der Waals surface area (Å²) in [5, 5.41) is 10.3. The second kappa shape index (κ2) is 4.98. The molecule has 0 saturated heterocycles. The van der Waals surface area contributed by atoms with E-state index < -0.39 is 0 Å². The van der Waals surface area contributed by atoms with Gasteiger partial charge < -0.3 is 15.3 Å². The minimum absolute atomic E-state index is 0.238. The van der Waals surface area contributed by atoms with E-state index in [1.807, 2.05) is 13.8 Å². The monoisotopic (exact) mass is 252 g/mol. The van der Waals surface area contributed by atoms with Crippen LogP contribution in [0.3, 0.4) is 0 Å². The number of oxazole rings is 1. The van der Waals surface area contributed by atoms with Gasteiger partial charge in [0.25, 0.3) is 5.22 Å². The van der Waals surface area contributed by atoms with E-state index in [2.05, 4.69) is 4.98 Å². The molecule has 1 heterocycles. The highest BCUT2D eigenvalue weighted by Crippen LogP contribution is 2.25. The Hall–Kier alpha value is -1.20. The fraction of sp³-hybridized carbons (Fsp3) is 0.417. The van der Waals surface area contributed by atoms with Crippen LogP contribution in [0.25, 0.3) is 11.1 Å². The summed E-state index contributed by atoms with van der Waals surface area (Å²) in [6, 6.07) is 5.37. The highest BCUT2D eigenvalue weighted by Gasteiger charge is 2.12. The molecule has 5 heteroatoms. The van der Waals surface area contributed by atoms with Crippen molar-refractivity contribution in [1.82, 2.24) is 4.98 Å². The van der Waals surface area contributed by atoms with Crippen LogP contribution < -0.4 is 5.73 Å². The van der Waals surface area contributed by atoms with Gasteiger partial charge in [0.15, 0.2) is 5.58 Å². The topological polar surface area (TPSA) is 72.3 Å². The minimum atomic E-state index is -0.347. The van der Waals surface area contributed by atoms with Crippen molar-refractivity contribution in [3.8, 4) is 0 Å². The number of hydrogen-bond donors (Lipinski definition) is 2. The van der Waals surface area contributed by atoms with Gasteiger partial charge in [0.1, 0.15) is 5.52 Å². The number of anilines is 1. The van der Waals surface area contributed by atoms with Gasteiger partial charge in [-0.25, -0.2) is 4.98 Å². The maximum atomic E-state index is 9.70. The number of nitrogens with two attached hydrogens (primary N) is 1. The molecule has 17 heavy (non-hydrogen) atoms. The quantitative estimate of drug-likeness (QED) is 0.646. The summed E-state index contributed by atoms with van der Waals surface area (Å²) in [5.74, 6) is 0.822. The zero-order chi connectivity index (χ0) is 12.4. The summed E-state index contributed by atoms with van der Waals surface area (Å²) >= 11 is 1.42. The number of benzene rings is 1. The number of rotatable bonds is 4. The van der Waals surface area contributed by atoms with Gasteiger partial charge in [0.05, 0.1) is 6.10 Å². The molecular weight excluding hydrogens is 236 g/mol. The Balaban J connectivity index is 2.09. The lowest BCUT2D eigenvalue weighted by Crippen LogP contribution is -2.17. The minimum Gasteiger partial charge on any atom is -0.431 e. The molecule has 2 aromatic rings. The van der Waals surface area contributed by atoms with Gasteiger partial charge in [-0.3, -0.25) is 0 Å². The Bertz CT molecular complexity index is 510. The van der Waals surface area contributed by atoms with Gasteiger partial charge in [0, 0.05) is 11.4 Å². The molecule has 1 atom stereocenters. The Morgan fingerprint density at radius 1 is 1.47 bits per heavy atom. The molecule has 0 fully saturated rings. The molecule has 0 spiro atoms. The fourth-order valence-electron chi connectivity index (χ4n) is 1.33. The maximum absolute atomic E-state index is 9.70. The first-order chi connectivity index (χ1) is 8.06. The standard InChI is InChI=1S/C12H16N2O2S/c1-7(2)10(15)6-17-12-14-9-5-8(13)3-4-11(9)16-12/h3-5,7,10,15H,6,13H2,1-2H3. The third kappa shape index (κ3) is 2.92. The molecule has 0 radical (unpaired) electrons. The van der Waals surface area contributed by atoms with E-state index in [-0.39, 0.29) is 12.0 Å². The van der Waals surface area contributed by atoms with Crippen LogP contribution in [0.15, 0.2) is 27.8 Å². The molecule has 2 rings (SSSR count). The lowest BCUT2D eigenvalue weighted by atomic mass is 10.1. The van der Waals surface area contributed by atoms with Crippen molar-refractivity contribution >= 4 is 28.5 Å². The largest absolute Gasteiger partial charge is 0.431 e. The van der Waals surface area contributed by atoms with Crippen LogP contribution in [0.4, 0.5) is 5.69 Å². The molecule has 0 aliphatic heterocycles. The number of fused-ring (bicyclic) bond motifs is 1. The number of nitrogen functional groups attached to an aromatic ring is 1. The molecule has 0 aliphatic carbocycles. The van der Waals surface area contributed by atoms with E-state index in [9.17, 15) is 5.11 Å². The van der Waals surface area contributed by atoms with Crippen molar-refractivity contribution in [2.24, 2.45) is 5.92 Å². The smallest absolute Gasteiger partial charge is 0.256 e. The van der Waals surface area contributed by atoms with E-state index in [0.717, 1.165) is 11.1 Å². The number of thioether (sulfide) groups is 1. The van der Waals surface area contributed by atoms with Gasteiger partial charge in [-0.15, -0.1) is 0 Å². The third-order valence-electron chi connectivity index (χ3n) is 2.54. The number of aromatic nitrogens is 1. The lowest BCUT2D eigenvalue weighted by molar-refractivity contribution is 0.149. The van der Waals surface area contributed by atoms with Crippen molar-refractivity contribution in [3.63, 3.8) is 0 Å². The van der Waals surface area contributed by atoms with Gasteiger partial charge >= 0.3 is 0 Å². The summed E-state index contributed by atoms with van der Waals surface area (Å²) in [6.07, 6.45) is -0.347. The van der Waals surface area contributed by atoms with E-state index in [1.165, 1.54) is 11.8 Å². The van der Waals surface area contributed by atoms with Crippen molar-refractivity contribution in [2.75, 3.05) is 11.5 Å². The van der Waals surface area contributed by atoms with E-state index in [1.54, 1.807) is 18.2 Å². The average Bonchev–Trinajstić information content (AvgIpc) is 2.67. The second-order valence-corrected chi connectivity index (χ2v) is 5.30. The van der Waals surface area contributed by atoms with Crippen molar-refractivity contribution in [3.05, 3.63) is 18.2 Å². The molecule has 0 bridgehead atoms. The van der Waals surface area contributed by atoms with Crippen LogP contribution in [0.2, 0.25) is 0 Å². The van der Waals surface area contributed by atoms with E-state index in [4.69, 9.17) is 10.2 Å². The van der Waals surface area contributed by atoms with Gasteiger partial charge in [-0.2, -0.15) is 0 Å². The Labute approximate surface area is 104 Å². The van der Waals surface area contributed by atoms with Crippen molar-refractivity contribution in [1.29, 1.82) is 0 Å². The third-order valence-corrected chi connectivity index (χ3v) is 3.47. The molecule has 0 aliphatic rings. The van der Waals surface area contributed by atoms with Gasteiger partial charge in [-0.05, 0) is 24.1 Å². The predicted molar refractivity (Wildman–Crippen MR) is 70.0 cm³/mol. The zero-order valence-electron chi connectivity index (χ0n) is 9.88. The highest BCUT2D eigenvalue weighted by atomic mass is 32.2. The van der Waals surface area contributed by atoms with Gasteiger partial charge in [0.2, 0.25) is 0 Å².